The predicted molar refractivity (Wildman–Crippen MR) is 89.8 cm³/mol. The Kier molecular flexibility index (Phi) is 5.96. The predicted octanol–water partition coefficient (Wildman–Crippen LogP) is 2.81. The summed E-state index contributed by atoms with van der Waals surface area (Å²) in [5, 5.41) is 0. The summed E-state index contributed by atoms with van der Waals surface area (Å²) in [7, 11) is 0. The van der Waals surface area contributed by atoms with Gasteiger partial charge in [-0.3, -0.25) is 9.80 Å². The highest BCUT2D eigenvalue weighted by molar-refractivity contribution is 4.85. The number of rotatable bonds is 4. The van der Waals surface area contributed by atoms with Gasteiger partial charge < -0.3 is 4.90 Å². The molecule has 3 nitrogen and oxygen atoms in total. The molecule has 3 fully saturated rings. The first-order valence-corrected chi connectivity index (χ1v) is 9.57. The fourth-order valence-corrected chi connectivity index (χ4v) is 4.78. The van der Waals surface area contributed by atoms with Gasteiger partial charge >= 0.3 is 0 Å². The Balaban J connectivity index is 1.44. The lowest BCUT2D eigenvalue weighted by atomic mass is 10.0. The van der Waals surface area contributed by atoms with E-state index in [1.54, 1.807) is 0 Å². The first kappa shape index (κ1) is 15.8. The molecule has 3 aliphatic rings. The molecule has 2 aliphatic heterocycles. The number of piperidine rings is 1. The Bertz CT molecular complexity index is 293. The van der Waals surface area contributed by atoms with Crippen molar-refractivity contribution in [2.75, 3.05) is 45.8 Å². The normalized spacial score (nSPS) is 29.0. The molecule has 0 radical (unpaired) electrons. The lowest BCUT2D eigenvalue weighted by Gasteiger charge is -2.38. The molecule has 1 aliphatic carbocycles. The van der Waals surface area contributed by atoms with Crippen molar-refractivity contribution in [2.24, 2.45) is 0 Å². The molecule has 0 aromatic carbocycles. The molecule has 3 rings (SSSR count). The summed E-state index contributed by atoms with van der Waals surface area (Å²) in [5.74, 6) is 0. The largest absolute Gasteiger partial charge is 0.303 e. The van der Waals surface area contributed by atoms with Gasteiger partial charge in [-0.25, -0.2) is 0 Å². The number of hydrogen-bond acceptors (Lipinski definition) is 3. The van der Waals surface area contributed by atoms with Crippen LogP contribution in [0.15, 0.2) is 0 Å². The quantitative estimate of drug-likeness (QED) is 0.789. The number of likely N-dealkylation sites (tertiary alicyclic amines) is 1. The van der Waals surface area contributed by atoms with E-state index in [2.05, 4.69) is 21.6 Å². The Hall–Kier alpha value is -0.120. The molecule has 2 heterocycles. The Morgan fingerprint density at radius 1 is 0.667 bits per heavy atom. The Labute approximate surface area is 131 Å². The molecule has 21 heavy (non-hydrogen) atoms. The maximum absolute atomic E-state index is 2.83. The SMILES string of the molecule is CCCN1CCC(N2CCCN(C3CCCC3)CC2)CC1. The number of nitrogens with zero attached hydrogens (tertiary/aromatic N) is 3. The first-order chi connectivity index (χ1) is 10.4. The summed E-state index contributed by atoms with van der Waals surface area (Å²) >= 11 is 0. The van der Waals surface area contributed by atoms with Crippen molar-refractivity contribution in [3.8, 4) is 0 Å². The van der Waals surface area contributed by atoms with E-state index in [1.807, 2.05) is 0 Å². The molecule has 0 bridgehead atoms. The van der Waals surface area contributed by atoms with E-state index in [1.165, 1.54) is 97.2 Å². The van der Waals surface area contributed by atoms with Crippen LogP contribution in [-0.2, 0) is 0 Å². The summed E-state index contributed by atoms with van der Waals surface area (Å²) in [5.41, 5.74) is 0. The van der Waals surface area contributed by atoms with Gasteiger partial charge in [0.25, 0.3) is 0 Å². The average Bonchev–Trinajstić information content (AvgIpc) is 2.93. The van der Waals surface area contributed by atoms with Crippen LogP contribution in [0.3, 0.4) is 0 Å². The van der Waals surface area contributed by atoms with Crippen LogP contribution in [0.2, 0.25) is 0 Å². The molecule has 122 valence electrons. The van der Waals surface area contributed by atoms with Gasteiger partial charge in [-0.15, -0.1) is 0 Å². The van der Waals surface area contributed by atoms with Gasteiger partial charge in [0.05, 0.1) is 0 Å². The third-order valence-electron chi connectivity index (χ3n) is 6.02. The minimum atomic E-state index is 0.877. The molecular weight excluding hydrogens is 258 g/mol. The zero-order chi connectivity index (χ0) is 14.5. The van der Waals surface area contributed by atoms with E-state index in [-0.39, 0.29) is 0 Å². The fraction of sp³-hybridized carbons (Fsp3) is 1.00. The summed E-state index contributed by atoms with van der Waals surface area (Å²) < 4.78 is 0. The first-order valence-electron chi connectivity index (χ1n) is 9.57. The van der Waals surface area contributed by atoms with Gasteiger partial charge in [-0.05, 0) is 71.2 Å². The molecular formula is C18H35N3. The van der Waals surface area contributed by atoms with Gasteiger partial charge in [0.1, 0.15) is 0 Å². The third-order valence-corrected chi connectivity index (χ3v) is 6.02. The molecule has 0 atom stereocenters. The second-order valence-corrected chi connectivity index (χ2v) is 7.44. The van der Waals surface area contributed by atoms with Crippen molar-refractivity contribution in [2.45, 2.75) is 70.4 Å². The maximum Gasteiger partial charge on any atom is 0.0120 e. The lowest BCUT2D eigenvalue weighted by molar-refractivity contribution is 0.108. The van der Waals surface area contributed by atoms with Gasteiger partial charge in [0, 0.05) is 25.2 Å². The zero-order valence-corrected chi connectivity index (χ0v) is 14.1. The highest BCUT2D eigenvalue weighted by Gasteiger charge is 2.28. The van der Waals surface area contributed by atoms with E-state index < -0.39 is 0 Å². The van der Waals surface area contributed by atoms with Gasteiger partial charge in [0.15, 0.2) is 0 Å². The van der Waals surface area contributed by atoms with Gasteiger partial charge in [-0.1, -0.05) is 19.8 Å². The zero-order valence-electron chi connectivity index (χ0n) is 14.1. The minimum Gasteiger partial charge on any atom is -0.303 e. The van der Waals surface area contributed by atoms with E-state index in [9.17, 15) is 0 Å². The van der Waals surface area contributed by atoms with Crippen molar-refractivity contribution in [1.29, 1.82) is 0 Å². The molecule has 0 N–H and O–H groups in total. The monoisotopic (exact) mass is 293 g/mol. The Morgan fingerprint density at radius 2 is 1.24 bits per heavy atom. The van der Waals surface area contributed by atoms with Crippen LogP contribution in [0.5, 0.6) is 0 Å². The highest BCUT2D eigenvalue weighted by Crippen LogP contribution is 2.25. The number of hydrogen-bond donors (Lipinski definition) is 0. The summed E-state index contributed by atoms with van der Waals surface area (Å²) in [4.78, 5) is 8.32. The van der Waals surface area contributed by atoms with Gasteiger partial charge in [-0.2, -0.15) is 0 Å². The van der Waals surface area contributed by atoms with Crippen molar-refractivity contribution < 1.29 is 0 Å². The summed E-state index contributed by atoms with van der Waals surface area (Å²) in [6.07, 6.45) is 11.4. The van der Waals surface area contributed by atoms with Crippen LogP contribution >= 0.6 is 0 Å². The molecule has 0 amide bonds. The molecule has 0 unspecified atom stereocenters. The molecule has 0 spiro atoms. The smallest absolute Gasteiger partial charge is 0.0120 e. The van der Waals surface area contributed by atoms with Crippen LogP contribution in [0.4, 0.5) is 0 Å². The maximum atomic E-state index is 2.83. The fourth-order valence-electron chi connectivity index (χ4n) is 4.78. The molecule has 3 heteroatoms. The van der Waals surface area contributed by atoms with Crippen molar-refractivity contribution in [3.05, 3.63) is 0 Å². The highest BCUT2D eigenvalue weighted by atomic mass is 15.3. The van der Waals surface area contributed by atoms with Crippen LogP contribution in [0.1, 0.15) is 58.3 Å². The van der Waals surface area contributed by atoms with Gasteiger partial charge in [0.2, 0.25) is 0 Å². The second kappa shape index (κ2) is 7.94. The van der Waals surface area contributed by atoms with Crippen molar-refractivity contribution in [3.63, 3.8) is 0 Å². The minimum absolute atomic E-state index is 0.877. The topological polar surface area (TPSA) is 9.72 Å². The van der Waals surface area contributed by atoms with Crippen LogP contribution < -0.4 is 0 Å². The van der Waals surface area contributed by atoms with Crippen LogP contribution in [-0.4, -0.2) is 72.6 Å². The van der Waals surface area contributed by atoms with Crippen LogP contribution in [0, 0.1) is 0 Å². The van der Waals surface area contributed by atoms with E-state index in [0.29, 0.717) is 0 Å². The van der Waals surface area contributed by atoms with Crippen LogP contribution in [0.25, 0.3) is 0 Å². The average molecular weight is 293 g/mol. The third kappa shape index (κ3) is 4.20. The molecule has 2 saturated heterocycles. The van der Waals surface area contributed by atoms with Crippen molar-refractivity contribution >= 4 is 0 Å². The standard InChI is InChI=1S/C18H35N3/c1-2-10-19-13-8-18(9-14-19)21-12-5-11-20(15-16-21)17-6-3-4-7-17/h17-18H,2-16H2,1H3. The van der Waals surface area contributed by atoms with E-state index in [0.717, 1.165) is 12.1 Å². The van der Waals surface area contributed by atoms with Crippen molar-refractivity contribution in [1.82, 2.24) is 14.7 Å². The summed E-state index contributed by atoms with van der Waals surface area (Å²) in [6.45, 7) is 11.6. The Morgan fingerprint density at radius 3 is 1.81 bits per heavy atom. The molecule has 0 aromatic rings. The van der Waals surface area contributed by atoms with E-state index >= 15 is 0 Å². The lowest BCUT2D eigenvalue weighted by Crippen LogP contribution is -2.46. The summed E-state index contributed by atoms with van der Waals surface area (Å²) in [6, 6.07) is 1.80. The van der Waals surface area contributed by atoms with E-state index in [4.69, 9.17) is 0 Å². The molecule has 1 saturated carbocycles. The molecule has 0 aromatic heterocycles. The second-order valence-electron chi connectivity index (χ2n) is 7.44.